The van der Waals surface area contributed by atoms with E-state index in [4.69, 9.17) is 5.84 Å². The normalized spacial score (nSPS) is 12.7. The molecule has 0 saturated heterocycles. The highest BCUT2D eigenvalue weighted by molar-refractivity contribution is 9.10. The summed E-state index contributed by atoms with van der Waals surface area (Å²) in [5.74, 6) is 5.67. The van der Waals surface area contributed by atoms with Gasteiger partial charge >= 0.3 is 0 Å². The van der Waals surface area contributed by atoms with Crippen LogP contribution in [0.2, 0.25) is 0 Å². The number of aromatic nitrogens is 2. The third-order valence-electron chi connectivity index (χ3n) is 2.85. The van der Waals surface area contributed by atoms with E-state index in [1.807, 2.05) is 23.9 Å². The average Bonchev–Trinajstić information content (AvgIpc) is 2.72. The first-order valence-corrected chi connectivity index (χ1v) is 6.13. The van der Waals surface area contributed by atoms with E-state index < -0.39 is 0 Å². The van der Waals surface area contributed by atoms with E-state index in [2.05, 4.69) is 45.5 Å². The molecule has 4 nitrogen and oxygen atoms in total. The number of rotatable bonds is 3. The molecule has 2 rings (SSSR count). The van der Waals surface area contributed by atoms with E-state index >= 15 is 0 Å². The molecule has 5 heteroatoms. The van der Waals surface area contributed by atoms with Crippen molar-refractivity contribution in [3.8, 4) is 0 Å². The summed E-state index contributed by atoms with van der Waals surface area (Å²) in [6.45, 7) is 2.06. The lowest BCUT2D eigenvalue weighted by Gasteiger charge is -2.19. The van der Waals surface area contributed by atoms with Crippen LogP contribution in [0.4, 0.5) is 0 Å². The highest BCUT2D eigenvalue weighted by Gasteiger charge is 2.18. The Morgan fingerprint density at radius 1 is 1.41 bits per heavy atom. The number of nitrogens with two attached hydrogens (primary N) is 1. The van der Waals surface area contributed by atoms with Gasteiger partial charge in [0.15, 0.2) is 0 Å². The summed E-state index contributed by atoms with van der Waals surface area (Å²) in [4.78, 5) is 0. The van der Waals surface area contributed by atoms with E-state index in [-0.39, 0.29) is 6.04 Å². The SMILES string of the molecule is Cc1cccc(C(NN)c2ccnn2C)c1Br. The molecular formula is C12H15BrN4. The number of halogens is 1. The summed E-state index contributed by atoms with van der Waals surface area (Å²) in [6, 6.07) is 8.02. The van der Waals surface area contributed by atoms with Gasteiger partial charge in [-0.15, -0.1) is 0 Å². The monoisotopic (exact) mass is 294 g/mol. The van der Waals surface area contributed by atoms with E-state index in [9.17, 15) is 0 Å². The van der Waals surface area contributed by atoms with Crippen molar-refractivity contribution in [1.29, 1.82) is 0 Å². The number of nitrogens with one attached hydrogen (secondary N) is 1. The van der Waals surface area contributed by atoms with Crippen LogP contribution in [0.5, 0.6) is 0 Å². The standard InChI is InChI=1S/C12H15BrN4/c1-8-4-3-5-9(11(8)13)12(16-14)10-6-7-15-17(10)2/h3-7,12,16H,14H2,1-2H3. The highest BCUT2D eigenvalue weighted by atomic mass is 79.9. The first-order valence-electron chi connectivity index (χ1n) is 5.34. The maximum Gasteiger partial charge on any atom is 0.0889 e. The number of hydrazine groups is 1. The Morgan fingerprint density at radius 2 is 2.18 bits per heavy atom. The summed E-state index contributed by atoms with van der Waals surface area (Å²) >= 11 is 3.61. The highest BCUT2D eigenvalue weighted by Crippen LogP contribution is 2.29. The molecule has 1 aromatic carbocycles. The molecule has 0 bridgehead atoms. The van der Waals surface area contributed by atoms with E-state index in [0.29, 0.717) is 0 Å². The van der Waals surface area contributed by atoms with E-state index in [1.54, 1.807) is 6.20 Å². The number of aryl methyl sites for hydroxylation is 2. The van der Waals surface area contributed by atoms with Gasteiger partial charge in [-0.3, -0.25) is 10.5 Å². The molecule has 1 heterocycles. The zero-order valence-corrected chi connectivity index (χ0v) is 11.4. The summed E-state index contributed by atoms with van der Waals surface area (Å²) in [5, 5.41) is 4.17. The molecule has 1 unspecified atom stereocenters. The number of hydrogen-bond acceptors (Lipinski definition) is 3. The van der Waals surface area contributed by atoms with Crippen LogP contribution in [0.25, 0.3) is 0 Å². The molecule has 0 radical (unpaired) electrons. The number of hydrogen-bond donors (Lipinski definition) is 2. The lowest BCUT2D eigenvalue weighted by Crippen LogP contribution is -2.30. The quantitative estimate of drug-likeness (QED) is 0.673. The predicted octanol–water partition coefficient (Wildman–Crippen LogP) is 2.04. The van der Waals surface area contributed by atoms with Crippen LogP contribution in [-0.4, -0.2) is 9.78 Å². The van der Waals surface area contributed by atoms with Crippen molar-refractivity contribution in [1.82, 2.24) is 15.2 Å². The fourth-order valence-corrected chi connectivity index (χ4v) is 2.39. The summed E-state index contributed by atoms with van der Waals surface area (Å²) in [5.41, 5.74) is 6.16. The second kappa shape index (κ2) is 5.00. The van der Waals surface area contributed by atoms with Crippen molar-refractivity contribution >= 4 is 15.9 Å². The smallest absolute Gasteiger partial charge is 0.0889 e. The van der Waals surface area contributed by atoms with Gasteiger partial charge < -0.3 is 0 Å². The molecule has 0 amide bonds. The van der Waals surface area contributed by atoms with Crippen molar-refractivity contribution in [3.05, 3.63) is 51.8 Å². The Morgan fingerprint density at radius 3 is 2.76 bits per heavy atom. The van der Waals surface area contributed by atoms with Gasteiger partial charge in [-0.2, -0.15) is 5.10 Å². The van der Waals surface area contributed by atoms with Gasteiger partial charge in [0.2, 0.25) is 0 Å². The van der Waals surface area contributed by atoms with Crippen LogP contribution in [-0.2, 0) is 7.05 Å². The lowest BCUT2D eigenvalue weighted by molar-refractivity contribution is 0.573. The molecule has 2 aromatic rings. The molecule has 90 valence electrons. The Hall–Kier alpha value is -1.17. The minimum Gasteiger partial charge on any atom is -0.271 e. The van der Waals surface area contributed by atoms with Gasteiger partial charge in [0.1, 0.15) is 0 Å². The average molecular weight is 295 g/mol. The van der Waals surface area contributed by atoms with Crippen molar-refractivity contribution < 1.29 is 0 Å². The number of nitrogens with zero attached hydrogens (tertiary/aromatic N) is 2. The van der Waals surface area contributed by atoms with Crippen molar-refractivity contribution in [2.75, 3.05) is 0 Å². The topological polar surface area (TPSA) is 55.9 Å². The molecule has 0 aliphatic carbocycles. The maximum atomic E-state index is 5.67. The molecule has 0 fully saturated rings. The fourth-order valence-electron chi connectivity index (χ4n) is 1.89. The molecule has 1 aromatic heterocycles. The van der Waals surface area contributed by atoms with Crippen LogP contribution in [0.3, 0.4) is 0 Å². The van der Waals surface area contributed by atoms with Crippen molar-refractivity contribution in [2.24, 2.45) is 12.9 Å². The van der Waals surface area contributed by atoms with Crippen LogP contribution >= 0.6 is 15.9 Å². The van der Waals surface area contributed by atoms with Gasteiger partial charge in [0, 0.05) is 17.7 Å². The summed E-state index contributed by atoms with van der Waals surface area (Å²) in [6.07, 6.45) is 1.77. The maximum absolute atomic E-state index is 5.67. The first-order chi connectivity index (χ1) is 8.15. The van der Waals surface area contributed by atoms with Crippen LogP contribution in [0.1, 0.15) is 22.9 Å². The summed E-state index contributed by atoms with van der Waals surface area (Å²) < 4.78 is 2.89. The Balaban J connectivity index is 2.50. The molecule has 1 atom stereocenters. The Bertz CT molecular complexity index is 521. The third-order valence-corrected chi connectivity index (χ3v) is 3.94. The zero-order chi connectivity index (χ0) is 12.4. The molecule has 0 aliphatic heterocycles. The molecular weight excluding hydrogens is 280 g/mol. The van der Waals surface area contributed by atoms with Gasteiger partial charge in [-0.05, 0) is 24.1 Å². The molecule has 0 spiro atoms. The van der Waals surface area contributed by atoms with E-state index in [0.717, 1.165) is 15.7 Å². The third kappa shape index (κ3) is 2.26. The number of benzene rings is 1. The second-order valence-electron chi connectivity index (χ2n) is 3.96. The zero-order valence-electron chi connectivity index (χ0n) is 9.81. The minimum atomic E-state index is -0.0724. The van der Waals surface area contributed by atoms with Crippen molar-refractivity contribution in [3.63, 3.8) is 0 Å². The van der Waals surface area contributed by atoms with Crippen LogP contribution in [0.15, 0.2) is 34.9 Å². The van der Waals surface area contributed by atoms with E-state index in [1.165, 1.54) is 5.56 Å². The molecule has 0 aliphatic rings. The fraction of sp³-hybridized carbons (Fsp3) is 0.250. The van der Waals surface area contributed by atoms with Gasteiger partial charge in [0.05, 0.1) is 11.7 Å². The van der Waals surface area contributed by atoms with Crippen molar-refractivity contribution in [2.45, 2.75) is 13.0 Å². The van der Waals surface area contributed by atoms with Gasteiger partial charge in [-0.25, -0.2) is 5.43 Å². The molecule has 0 saturated carbocycles. The van der Waals surface area contributed by atoms with Crippen LogP contribution < -0.4 is 11.3 Å². The Kier molecular flexibility index (Phi) is 3.61. The van der Waals surface area contributed by atoms with Crippen LogP contribution in [0, 0.1) is 6.92 Å². The largest absolute Gasteiger partial charge is 0.271 e. The Labute approximate surface area is 109 Å². The summed E-state index contributed by atoms with van der Waals surface area (Å²) in [7, 11) is 1.91. The van der Waals surface area contributed by atoms with Gasteiger partial charge in [-0.1, -0.05) is 34.1 Å². The lowest BCUT2D eigenvalue weighted by atomic mass is 10.0. The second-order valence-corrected chi connectivity index (χ2v) is 4.75. The van der Waals surface area contributed by atoms with Gasteiger partial charge in [0.25, 0.3) is 0 Å². The predicted molar refractivity (Wildman–Crippen MR) is 71.3 cm³/mol. The first kappa shape index (κ1) is 12.3. The molecule has 17 heavy (non-hydrogen) atoms. The minimum absolute atomic E-state index is 0.0724. The molecule has 3 N–H and O–H groups in total.